The van der Waals surface area contributed by atoms with E-state index in [1.165, 1.54) is 0 Å². The normalized spacial score (nSPS) is 15.6. The van der Waals surface area contributed by atoms with E-state index in [0.717, 1.165) is 24.1 Å². The molecular formula is C12H19N3O. The van der Waals surface area contributed by atoms with E-state index in [2.05, 4.69) is 18.9 Å². The quantitative estimate of drug-likeness (QED) is 0.780. The highest BCUT2D eigenvalue weighted by molar-refractivity contribution is 5.94. The Morgan fingerprint density at radius 2 is 2.19 bits per heavy atom. The van der Waals surface area contributed by atoms with Gasteiger partial charge in [-0.2, -0.15) is 5.10 Å². The van der Waals surface area contributed by atoms with Gasteiger partial charge in [0.2, 0.25) is 0 Å². The van der Waals surface area contributed by atoms with Crippen LogP contribution in [0.4, 0.5) is 0 Å². The van der Waals surface area contributed by atoms with E-state index in [-0.39, 0.29) is 5.91 Å². The summed E-state index contributed by atoms with van der Waals surface area (Å²) in [5.41, 5.74) is 1.78. The van der Waals surface area contributed by atoms with Crippen molar-refractivity contribution in [3.8, 4) is 0 Å². The molecule has 1 saturated carbocycles. The number of aromatic nitrogens is 2. The molecule has 1 amide bonds. The Morgan fingerprint density at radius 3 is 2.69 bits per heavy atom. The summed E-state index contributed by atoms with van der Waals surface area (Å²) in [5.74, 6) is 0.437. The van der Waals surface area contributed by atoms with Crippen molar-refractivity contribution in [2.75, 3.05) is 7.05 Å². The van der Waals surface area contributed by atoms with Gasteiger partial charge < -0.3 is 4.90 Å². The van der Waals surface area contributed by atoms with Gasteiger partial charge in [0.25, 0.3) is 5.91 Å². The molecule has 0 aliphatic heterocycles. The molecule has 1 heterocycles. The molecule has 4 nitrogen and oxygen atoms in total. The Kier molecular flexibility index (Phi) is 2.74. The highest BCUT2D eigenvalue weighted by atomic mass is 16.2. The molecule has 0 atom stereocenters. The van der Waals surface area contributed by atoms with E-state index < -0.39 is 0 Å². The number of amides is 1. The molecule has 0 N–H and O–H groups in total. The van der Waals surface area contributed by atoms with Gasteiger partial charge >= 0.3 is 0 Å². The van der Waals surface area contributed by atoms with Crippen LogP contribution in [0.15, 0.2) is 6.20 Å². The lowest BCUT2D eigenvalue weighted by Crippen LogP contribution is -2.31. The molecule has 1 aromatic rings. The fraction of sp³-hybridized carbons (Fsp3) is 0.667. The topological polar surface area (TPSA) is 38.1 Å². The molecule has 1 aliphatic carbocycles. The number of carbonyl (C=O) groups excluding carboxylic acids is 1. The second-order valence-corrected chi connectivity index (χ2v) is 4.87. The van der Waals surface area contributed by atoms with Crippen LogP contribution < -0.4 is 0 Å². The van der Waals surface area contributed by atoms with Crippen LogP contribution in [-0.2, 0) is 7.05 Å². The van der Waals surface area contributed by atoms with Crippen molar-refractivity contribution in [1.82, 2.24) is 14.7 Å². The molecule has 88 valence electrons. The molecule has 4 heteroatoms. The van der Waals surface area contributed by atoms with E-state index in [4.69, 9.17) is 0 Å². The second-order valence-electron chi connectivity index (χ2n) is 4.87. The molecule has 16 heavy (non-hydrogen) atoms. The first-order valence-electron chi connectivity index (χ1n) is 5.81. The number of nitrogens with zero attached hydrogens (tertiary/aromatic N) is 3. The van der Waals surface area contributed by atoms with Crippen LogP contribution in [0.1, 0.15) is 48.7 Å². The van der Waals surface area contributed by atoms with Gasteiger partial charge in [-0.05, 0) is 18.8 Å². The van der Waals surface area contributed by atoms with Gasteiger partial charge in [0.05, 0.1) is 6.20 Å². The highest BCUT2D eigenvalue weighted by Crippen LogP contribution is 2.28. The zero-order valence-electron chi connectivity index (χ0n) is 10.4. The molecule has 0 saturated heterocycles. The van der Waals surface area contributed by atoms with Crippen LogP contribution in [0.3, 0.4) is 0 Å². The second kappa shape index (κ2) is 3.92. The molecule has 0 bridgehead atoms. The van der Waals surface area contributed by atoms with Gasteiger partial charge in [0.1, 0.15) is 5.69 Å². The lowest BCUT2D eigenvalue weighted by molar-refractivity contribution is 0.0772. The number of hydrogen-bond acceptors (Lipinski definition) is 2. The fourth-order valence-corrected chi connectivity index (χ4v) is 1.93. The summed E-state index contributed by atoms with van der Waals surface area (Å²) < 4.78 is 1.69. The predicted molar refractivity (Wildman–Crippen MR) is 62.4 cm³/mol. The van der Waals surface area contributed by atoms with Crippen molar-refractivity contribution in [3.05, 3.63) is 17.5 Å². The first-order chi connectivity index (χ1) is 7.52. The summed E-state index contributed by atoms with van der Waals surface area (Å²) in [7, 11) is 3.72. The maximum atomic E-state index is 12.3. The van der Waals surface area contributed by atoms with Crippen LogP contribution in [-0.4, -0.2) is 33.7 Å². The van der Waals surface area contributed by atoms with Gasteiger partial charge in [-0.3, -0.25) is 9.48 Å². The zero-order valence-corrected chi connectivity index (χ0v) is 10.4. The van der Waals surface area contributed by atoms with E-state index in [1.54, 1.807) is 10.9 Å². The lowest BCUT2D eigenvalue weighted by Gasteiger charge is -2.18. The third kappa shape index (κ3) is 1.84. The number of carbonyl (C=O) groups is 1. The van der Waals surface area contributed by atoms with E-state index >= 15 is 0 Å². The molecule has 1 fully saturated rings. The van der Waals surface area contributed by atoms with Crippen molar-refractivity contribution in [3.63, 3.8) is 0 Å². The van der Waals surface area contributed by atoms with E-state index in [9.17, 15) is 4.79 Å². The van der Waals surface area contributed by atoms with Gasteiger partial charge in [0, 0.05) is 25.7 Å². The van der Waals surface area contributed by atoms with Crippen LogP contribution >= 0.6 is 0 Å². The van der Waals surface area contributed by atoms with Crippen LogP contribution in [0, 0.1) is 0 Å². The molecule has 0 unspecified atom stereocenters. The van der Waals surface area contributed by atoms with E-state index in [0.29, 0.717) is 12.0 Å². The number of rotatable bonds is 3. The predicted octanol–water partition coefficient (Wildman–Crippen LogP) is 1.78. The molecule has 0 radical (unpaired) electrons. The Morgan fingerprint density at radius 1 is 1.56 bits per heavy atom. The molecule has 2 rings (SSSR count). The SMILES string of the molecule is CC(C)c1cnn(C)c1C(=O)N(C)C1CC1. The monoisotopic (exact) mass is 221 g/mol. The minimum absolute atomic E-state index is 0.103. The number of aryl methyl sites for hydroxylation is 1. The average Bonchev–Trinajstić information content (AvgIpc) is 2.99. The minimum atomic E-state index is 0.103. The molecule has 1 aromatic heterocycles. The zero-order chi connectivity index (χ0) is 11.9. The summed E-state index contributed by atoms with van der Waals surface area (Å²) in [6.07, 6.45) is 4.08. The Bertz CT molecular complexity index is 404. The summed E-state index contributed by atoms with van der Waals surface area (Å²) in [6, 6.07) is 0.447. The van der Waals surface area contributed by atoms with Gasteiger partial charge in [-0.15, -0.1) is 0 Å². The Hall–Kier alpha value is -1.32. The standard InChI is InChI=1S/C12H19N3O/c1-8(2)10-7-13-15(4)11(10)12(16)14(3)9-5-6-9/h7-9H,5-6H2,1-4H3. The maximum absolute atomic E-state index is 12.3. The van der Waals surface area contributed by atoms with Crippen LogP contribution in [0.2, 0.25) is 0 Å². The van der Waals surface area contributed by atoms with Crippen molar-refractivity contribution in [2.24, 2.45) is 7.05 Å². The Labute approximate surface area is 96.2 Å². The van der Waals surface area contributed by atoms with Crippen molar-refractivity contribution in [2.45, 2.75) is 38.6 Å². The van der Waals surface area contributed by atoms with Crippen LogP contribution in [0.5, 0.6) is 0 Å². The van der Waals surface area contributed by atoms with Crippen molar-refractivity contribution in [1.29, 1.82) is 0 Å². The fourth-order valence-electron chi connectivity index (χ4n) is 1.93. The molecule has 0 spiro atoms. The Balaban J connectivity index is 2.30. The molecular weight excluding hydrogens is 202 g/mol. The third-order valence-electron chi connectivity index (χ3n) is 3.21. The largest absolute Gasteiger partial charge is 0.337 e. The summed E-state index contributed by atoms with van der Waals surface area (Å²) in [5, 5.41) is 4.19. The summed E-state index contributed by atoms with van der Waals surface area (Å²) in [4.78, 5) is 14.1. The maximum Gasteiger partial charge on any atom is 0.272 e. The lowest BCUT2D eigenvalue weighted by atomic mass is 10.0. The first kappa shape index (κ1) is 11.2. The summed E-state index contributed by atoms with van der Waals surface area (Å²) in [6.45, 7) is 4.18. The van der Waals surface area contributed by atoms with Gasteiger partial charge in [0.15, 0.2) is 0 Å². The smallest absolute Gasteiger partial charge is 0.272 e. The molecule has 1 aliphatic rings. The number of hydrogen-bond donors (Lipinski definition) is 0. The van der Waals surface area contributed by atoms with Crippen molar-refractivity contribution >= 4 is 5.91 Å². The van der Waals surface area contributed by atoms with Gasteiger partial charge in [-0.1, -0.05) is 13.8 Å². The average molecular weight is 221 g/mol. The highest BCUT2D eigenvalue weighted by Gasteiger charge is 2.32. The summed E-state index contributed by atoms with van der Waals surface area (Å²) >= 11 is 0. The minimum Gasteiger partial charge on any atom is -0.337 e. The van der Waals surface area contributed by atoms with E-state index in [1.807, 2.05) is 19.0 Å². The van der Waals surface area contributed by atoms with Crippen molar-refractivity contribution < 1.29 is 4.79 Å². The third-order valence-corrected chi connectivity index (χ3v) is 3.21. The molecule has 0 aromatic carbocycles. The van der Waals surface area contributed by atoms with Crippen LogP contribution in [0.25, 0.3) is 0 Å². The first-order valence-corrected chi connectivity index (χ1v) is 5.81. The van der Waals surface area contributed by atoms with Gasteiger partial charge in [-0.25, -0.2) is 0 Å².